The van der Waals surface area contributed by atoms with Crippen molar-refractivity contribution < 1.29 is 8.42 Å². The van der Waals surface area contributed by atoms with Gasteiger partial charge in [0, 0.05) is 6.26 Å². The molecule has 0 atom stereocenters. The number of hydrogen-bond donors (Lipinski definition) is 1. The number of para-hydroxylation sites is 2. The first-order valence-electron chi connectivity index (χ1n) is 3.72. The average molecular weight is 233 g/mol. The Morgan fingerprint density at radius 3 is 2.50 bits per heavy atom. The molecular formula is C8H9ClN2O2S. The Morgan fingerprint density at radius 2 is 1.93 bits per heavy atom. The molecule has 76 valence electrons. The van der Waals surface area contributed by atoms with Crippen molar-refractivity contribution in [2.75, 3.05) is 6.26 Å². The van der Waals surface area contributed by atoms with E-state index in [9.17, 15) is 8.42 Å². The Labute approximate surface area is 87.7 Å². The smallest absolute Gasteiger partial charge is 0.225 e. The Kier molecular flexibility index (Phi) is 2.82. The van der Waals surface area contributed by atoms with Crippen molar-refractivity contribution in [1.82, 2.24) is 9.97 Å². The molecule has 0 amide bonds. The summed E-state index contributed by atoms with van der Waals surface area (Å²) in [4.78, 5) is 6.68. The van der Waals surface area contributed by atoms with Gasteiger partial charge in [0.15, 0.2) is 0 Å². The Balaban J connectivity index is 0.000000980. The van der Waals surface area contributed by atoms with Crippen molar-refractivity contribution in [3.8, 4) is 0 Å². The number of halogens is 1. The topological polar surface area (TPSA) is 62.8 Å². The highest BCUT2D eigenvalue weighted by molar-refractivity contribution is 7.90. The van der Waals surface area contributed by atoms with E-state index in [1.165, 1.54) is 0 Å². The fourth-order valence-electron chi connectivity index (χ4n) is 1.11. The second kappa shape index (κ2) is 3.59. The molecule has 0 aliphatic rings. The first-order valence-corrected chi connectivity index (χ1v) is 5.61. The summed E-state index contributed by atoms with van der Waals surface area (Å²) < 4.78 is 22.2. The second-order valence-corrected chi connectivity index (χ2v) is 4.76. The average Bonchev–Trinajstić information content (AvgIpc) is 2.45. The lowest BCUT2D eigenvalue weighted by molar-refractivity contribution is 0.595. The number of aromatic amines is 1. The fraction of sp³-hybridized carbons (Fsp3) is 0.125. The van der Waals surface area contributed by atoms with E-state index in [0.29, 0.717) is 5.52 Å². The summed E-state index contributed by atoms with van der Waals surface area (Å²) in [6, 6.07) is 7.19. The third-order valence-electron chi connectivity index (χ3n) is 1.72. The summed E-state index contributed by atoms with van der Waals surface area (Å²) in [5.74, 6) is 0. The second-order valence-electron chi connectivity index (χ2n) is 2.83. The molecule has 1 N–H and O–H groups in total. The zero-order valence-corrected chi connectivity index (χ0v) is 9.02. The number of rotatable bonds is 1. The molecule has 4 nitrogen and oxygen atoms in total. The number of H-pyrrole nitrogens is 1. The van der Waals surface area contributed by atoms with Crippen LogP contribution in [0.3, 0.4) is 0 Å². The number of hydrogen-bond acceptors (Lipinski definition) is 3. The van der Waals surface area contributed by atoms with Crippen LogP contribution in [0, 0.1) is 0 Å². The van der Waals surface area contributed by atoms with Gasteiger partial charge in [-0.15, -0.1) is 12.4 Å². The van der Waals surface area contributed by atoms with Crippen LogP contribution in [-0.2, 0) is 9.84 Å². The minimum absolute atomic E-state index is 0. The van der Waals surface area contributed by atoms with Crippen molar-refractivity contribution in [3.05, 3.63) is 24.3 Å². The third kappa shape index (κ3) is 1.88. The van der Waals surface area contributed by atoms with Crippen molar-refractivity contribution in [2.45, 2.75) is 5.16 Å². The van der Waals surface area contributed by atoms with Crippen molar-refractivity contribution in [1.29, 1.82) is 0 Å². The van der Waals surface area contributed by atoms with Crippen LogP contribution in [0.1, 0.15) is 0 Å². The summed E-state index contributed by atoms with van der Waals surface area (Å²) in [5.41, 5.74) is 1.41. The van der Waals surface area contributed by atoms with Crippen LogP contribution in [-0.4, -0.2) is 24.6 Å². The van der Waals surface area contributed by atoms with E-state index < -0.39 is 9.84 Å². The predicted molar refractivity (Wildman–Crippen MR) is 56.5 cm³/mol. The number of fused-ring (bicyclic) bond motifs is 1. The molecule has 0 unspecified atom stereocenters. The van der Waals surface area contributed by atoms with Gasteiger partial charge in [0.05, 0.1) is 11.0 Å². The Bertz CT molecular complexity index is 514. The number of benzene rings is 1. The summed E-state index contributed by atoms with van der Waals surface area (Å²) in [7, 11) is -3.23. The quantitative estimate of drug-likeness (QED) is 0.808. The number of sulfone groups is 1. The number of aromatic nitrogens is 2. The molecule has 2 aromatic rings. The Hall–Kier alpha value is -1.07. The molecule has 0 aliphatic carbocycles. The molecule has 6 heteroatoms. The van der Waals surface area contributed by atoms with Gasteiger partial charge in [-0.1, -0.05) is 12.1 Å². The van der Waals surface area contributed by atoms with Crippen LogP contribution in [0.4, 0.5) is 0 Å². The lowest BCUT2D eigenvalue weighted by atomic mass is 10.3. The summed E-state index contributed by atoms with van der Waals surface area (Å²) in [6.45, 7) is 0. The van der Waals surface area contributed by atoms with Crippen molar-refractivity contribution >= 4 is 33.3 Å². The van der Waals surface area contributed by atoms with Crippen LogP contribution < -0.4 is 0 Å². The SMILES string of the molecule is CS(=O)(=O)c1nc2ccccc2[nH]1.Cl. The first kappa shape index (κ1) is 11.0. The van der Waals surface area contributed by atoms with Crippen molar-refractivity contribution in [3.63, 3.8) is 0 Å². The molecule has 0 bridgehead atoms. The van der Waals surface area contributed by atoms with Crippen molar-refractivity contribution in [2.24, 2.45) is 0 Å². The molecule has 2 rings (SSSR count). The standard InChI is InChI=1S/C8H8N2O2S.ClH/c1-13(11,12)8-9-6-4-2-3-5-7(6)10-8;/h2-5H,1H3,(H,9,10);1H. The highest BCUT2D eigenvalue weighted by Gasteiger charge is 2.11. The van der Waals surface area contributed by atoms with Gasteiger partial charge >= 0.3 is 0 Å². The molecule has 0 radical (unpaired) electrons. The zero-order chi connectivity index (χ0) is 9.47. The van der Waals surface area contributed by atoms with Gasteiger partial charge in [-0.25, -0.2) is 13.4 Å². The van der Waals surface area contributed by atoms with E-state index in [1.807, 2.05) is 12.1 Å². The van der Waals surface area contributed by atoms with Crippen LogP contribution in [0.25, 0.3) is 11.0 Å². The van der Waals surface area contributed by atoms with Gasteiger partial charge in [0.2, 0.25) is 15.0 Å². The predicted octanol–water partition coefficient (Wildman–Crippen LogP) is 1.39. The lowest BCUT2D eigenvalue weighted by Gasteiger charge is -1.86. The van der Waals surface area contributed by atoms with E-state index in [-0.39, 0.29) is 17.6 Å². The lowest BCUT2D eigenvalue weighted by Crippen LogP contribution is -1.98. The number of imidazole rings is 1. The molecule has 1 aromatic heterocycles. The molecule has 0 spiro atoms. The van der Waals surface area contributed by atoms with E-state index >= 15 is 0 Å². The highest BCUT2D eigenvalue weighted by Crippen LogP contribution is 2.12. The third-order valence-corrected chi connectivity index (χ3v) is 2.61. The summed E-state index contributed by atoms with van der Waals surface area (Å²) in [6.07, 6.45) is 1.13. The largest absolute Gasteiger partial charge is 0.329 e. The van der Waals surface area contributed by atoms with Gasteiger partial charge in [-0.05, 0) is 12.1 Å². The van der Waals surface area contributed by atoms with Crippen LogP contribution in [0.5, 0.6) is 0 Å². The maximum Gasteiger partial charge on any atom is 0.225 e. The monoisotopic (exact) mass is 232 g/mol. The maximum absolute atomic E-state index is 11.1. The Morgan fingerprint density at radius 1 is 1.29 bits per heavy atom. The van der Waals surface area contributed by atoms with Crippen LogP contribution >= 0.6 is 12.4 Å². The minimum Gasteiger partial charge on any atom is -0.329 e. The van der Waals surface area contributed by atoms with Gasteiger partial charge in [-0.2, -0.15) is 0 Å². The molecule has 1 aromatic carbocycles. The maximum atomic E-state index is 11.1. The van der Waals surface area contributed by atoms with Gasteiger partial charge in [0.1, 0.15) is 0 Å². The first-order chi connectivity index (χ1) is 6.07. The highest BCUT2D eigenvalue weighted by atomic mass is 35.5. The number of nitrogens with zero attached hydrogens (tertiary/aromatic N) is 1. The van der Waals surface area contributed by atoms with Crippen LogP contribution in [0.2, 0.25) is 0 Å². The number of nitrogens with one attached hydrogen (secondary N) is 1. The van der Waals surface area contributed by atoms with Crippen LogP contribution in [0.15, 0.2) is 29.4 Å². The molecule has 0 fully saturated rings. The normalized spacial score (nSPS) is 11.2. The fourth-order valence-corrected chi connectivity index (χ4v) is 1.66. The summed E-state index contributed by atoms with van der Waals surface area (Å²) >= 11 is 0. The molecule has 14 heavy (non-hydrogen) atoms. The summed E-state index contributed by atoms with van der Waals surface area (Å²) in [5, 5.41) is 0.0219. The van der Waals surface area contributed by atoms with Gasteiger partial charge in [-0.3, -0.25) is 0 Å². The van der Waals surface area contributed by atoms with Gasteiger partial charge < -0.3 is 4.98 Å². The van der Waals surface area contributed by atoms with E-state index in [2.05, 4.69) is 9.97 Å². The molecule has 0 saturated heterocycles. The minimum atomic E-state index is -3.23. The van der Waals surface area contributed by atoms with E-state index in [0.717, 1.165) is 11.8 Å². The zero-order valence-electron chi connectivity index (χ0n) is 7.39. The van der Waals surface area contributed by atoms with Gasteiger partial charge in [0.25, 0.3) is 0 Å². The van der Waals surface area contributed by atoms with E-state index in [1.54, 1.807) is 12.1 Å². The molecule has 1 heterocycles. The molecule has 0 saturated carbocycles. The molecular weight excluding hydrogens is 224 g/mol. The van der Waals surface area contributed by atoms with E-state index in [4.69, 9.17) is 0 Å². The molecule has 0 aliphatic heterocycles.